The van der Waals surface area contributed by atoms with Gasteiger partial charge in [-0.1, -0.05) is 0 Å². The summed E-state index contributed by atoms with van der Waals surface area (Å²) in [5.74, 6) is 0.832. The van der Waals surface area contributed by atoms with E-state index in [0.717, 1.165) is 26.2 Å². The van der Waals surface area contributed by atoms with Crippen molar-refractivity contribution < 1.29 is 0 Å². The SMILES string of the molecule is Cl.Nc1nc(N2CCNCC2)cc(=O)[nH]1. The van der Waals surface area contributed by atoms with Crippen molar-refractivity contribution in [3.63, 3.8) is 0 Å². The molecule has 2 heterocycles. The molecule has 15 heavy (non-hydrogen) atoms. The Bertz CT molecular complexity index is 374. The number of aromatic nitrogens is 2. The Morgan fingerprint density at radius 1 is 1.40 bits per heavy atom. The fraction of sp³-hybridized carbons (Fsp3) is 0.500. The van der Waals surface area contributed by atoms with Gasteiger partial charge in [0.2, 0.25) is 5.95 Å². The summed E-state index contributed by atoms with van der Waals surface area (Å²) in [6.07, 6.45) is 0. The molecule has 0 atom stereocenters. The maximum atomic E-state index is 11.1. The molecule has 0 spiro atoms. The first-order chi connectivity index (χ1) is 6.75. The van der Waals surface area contributed by atoms with Crippen LogP contribution >= 0.6 is 12.4 Å². The molecule has 4 N–H and O–H groups in total. The lowest BCUT2D eigenvalue weighted by Crippen LogP contribution is -2.44. The van der Waals surface area contributed by atoms with Gasteiger partial charge in [0.1, 0.15) is 5.82 Å². The van der Waals surface area contributed by atoms with E-state index in [1.165, 1.54) is 6.07 Å². The number of nitrogens with two attached hydrogens (primary N) is 1. The van der Waals surface area contributed by atoms with Crippen LogP contribution in [-0.4, -0.2) is 36.1 Å². The van der Waals surface area contributed by atoms with Crippen LogP contribution in [0.4, 0.5) is 11.8 Å². The van der Waals surface area contributed by atoms with Crippen LogP contribution in [0.25, 0.3) is 0 Å². The van der Waals surface area contributed by atoms with Crippen LogP contribution in [0.1, 0.15) is 0 Å². The van der Waals surface area contributed by atoms with Crippen molar-refractivity contribution in [2.45, 2.75) is 0 Å². The second kappa shape index (κ2) is 4.99. The molecule has 0 unspecified atom stereocenters. The van der Waals surface area contributed by atoms with Crippen molar-refractivity contribution in [2.75, 3.05) is 36.8 Å². The maximum Gasteiger partial charge on any atom is 0.254 e. The van der Waals surface area contributed by atoms with Gasteiger partial charge in [0.15, 0.2) is 0 Å². The van der Waals surface area contributed by atoms with E-state index in [1.807, 2.05) is 4.90 Å². The third-order valence-electron chi connectivity index (χ3n) is 2.19. The predicted octanol–water partition coefficient (Wildman–Crippen LogP) is -0.817. The molecule has 0 aromatic carbocycles. The Hall–Kier alpha value is -1.27. The highest BCUT2D eigenvalue weighted by Gasteiger charge is 2.12. The molecule has 0 saturated carbocycles. The van der Waals surface area contributed by atoms with Crippen molar-refractivity contribution in [1.82, 2.24) is 15.3 Å². The predicted molar refractivity (Wildman–Crippen MR) is 61.6 cm³/mol. The van der Waals surface area contributed by atoms with Crippen molar-refractivity contribution >= 4 is 24.2 Å². The number of rotatable bonds is 1. The quantitative estimate of drug-likeness (QED) is 0.588. The smallest absolute Gasteiger partial charge is 0.254 e. The van der Waals surface area contributed by atoms with Gasteiger partial charge in [-0.25, -0.2) is 0 Å². The van der Waals surface area contributed by atoms with Crippen LogP contribution in [0.5, 0.6) is 0 Å². The van der Waals surface area contributed by atoms with Crippen LogP contribution in [0.3, 0.4) is 0 Å². The zero-order valence-corrected chi connectivity index (χ0v) is 9.01. The van der Waals surface area contributed by atoms with E-state index in [0.29, 0.717) is 5.82 Å². The lowest BCUT2D eigenvalue weighted by atomic mass is 10.3. The fourth-order valence-corrected chi connectivity index (χ4v) is 1.52. The van der Waals surface area contributed by atoms with E-state index in [-0.39, 0.29) is 23.9 Å². The summed E-state index contributed by atoms with van der Waals surface area (Å²) in [7, 11) is 0. The molecular formula is C8H14ClN5O. The second-order valence-electron chi connectivity index (χ2n) is 3.23. The molecule has 84 valence electrons. The standard InChI is InChI=1S/C8H13N5O.ClH/c9-8-11-6(5-7(14)12-8)13-3-1-10-2-4-13;/h5,10H,1-4H2,(H3,9,11,12,14);1H. The number of nitrogens with one attached hydrogen (secondary N) is 2. The fourth-order valence-electron chi connectivity index (χ4n) is 1.52. The van der Waals surface area contributed by atoms with Gasteiger partial charge < -0.3 is 16.0 Å². The maximum absolute atomic E-state index is 11.1. The lowest BCUT2D eigenvalue weighted by Gasteiger charge is -2.28. The highest BCUT2D eigenvalue weighted by molar-refractivity contribution is 5.85. The zero-order chi connectivity index (χ0) is 9.97. The van der Waals surface area contributed by atoms with E-state index < -0.39 is 0 Å². The highest BCUT2D eigenvalue weighted by Crippen LogP contribution is 2.08. The molecular weight excluding hydrogens is 218 g/mol. The summed E-state index contributed by atoms with van der Waals surface area (Å²) in [6, 6.07) is 1.47. The van der Waals surface area contributed by atoms with Gasteiger partial charge in [0.25, 0.3) is 5.56 Å². The third-order valence-corrected chi connectivity index (χ3v) is 2.19. The van der Waals surface area contributed by atoms with E-state index in [2.05, 4.69) is 15.3 Å². The minimum absolute atomic E-state index is 0. The van der Waals surface area contributed by atoms with Crippen molar-refractivity contribution in [2.24, 2.45) is 0 Å². The van der Waals surface area contributed by atoms with Gasteiger partial charge >= 0.3 is 0 Å². The molecule has 6 nitrogen and oxygen atoms in total. The number of piperazine rings is 1. The molecule has 1 fully saturated rings. The normalized spacial score (nSPS) is 15.9. The number of aromatic amines is 1. The topological polar surface area (TPSA) is 87.0 Å². The largest absolute Gasteiger partial charge is 0.369 e. The molecule has 0 radical (unpaired) electrons. The number of anilines is 2. The van der Waals surface area contributed by atoms with Crippen LogP contribution in [0.15, 0.2) is 10.9 Å². The van der Waals surface area contributed by atoms with Gasteiger partial charge in [-0.15, -0.1) is 12.4 Å². The third kappa shape index (κ3) is 2.84. The van der Waals surface area contributed by atoms with E-state index >= 15 is 0 Å². The Kier molecular flexibility index (Phi) is 3.93. The van der Waals surface area contributed by atoms with Crippen LogP contribution in [-0.2, 0) is 0 Å². The van der Waals surface area contributed by atoms with Crippen LogP contribution in [0.2, 0.25) is 0 Å². The minimum Gasteiger partial charge on any atom is -0.369 e. The van der Waals surface area contributed by atoms with Gasteiger partial charge in [-0.2, -0.15) is 4.98 Å². The Balaban J connectivity index is 0.00000112. The molecule has 0 aliphatic carbocycles. The van der Waals surface area contributed by atoms with Crippen molar-refractivity contribution in [1.29, 1.82) is 0 Å². The first-order valence-electron chi connectivity index (χ1n) is 4.58. The van der Waals surface area contributed by atoms with Gasteiger partial charge in [-0.3, -0.25) is 9.78 Å². The number of nitrogens with zero attached hydrogens (tertiary/aromatic N) is 2. The molecule has 1 aliphatic heterocycles. The van der Waals surface area contributed by atoms with E-state index in [1.54, 1.807) is 0 Å². The van der Waals surface area contributed by atoms with Gasteiger partial charge in [0, 0.05) is 32.2 Å². The Morgan fingerprint density at radius 2 is 2.07 bits per heavy atom. The summed E-state index contributed by atoms with van der Waals surface area (Å²) in [5, 5.41) is 3.23. The molecule has 7 heteroatoms. The summed E-state index contributed by atoms with van der Waals surface area (Å²) in [4.78, 5) is 19.7. The molecule has 1 aromatic rings. The molecule has 1 aliphatic rings. The Labute approximate surface area is 93.3 Å². The van der Waals surface area contributed by atoms with Crippen molar-refractivity contribution in [3.8, 4) is 0 Å². The summed E-state index contributed by atoms with van der Waals surface area (Å²) in [5.41, 5.74) is 5.25. The first kappa shape index (κ1) is 11.8. The number of hydrogen-bond donors (Lipinski definition) is 3. The number of hydrogen-bond acceptors (Lipinski definition) is 5. The summed E-state index contributed by atoms with van der Waals surface area (Å²) in [6.45, 7) is 3.54. The molecule has 2 rings (SSSR count). The van der Waals surface area contributed by atoms with Gasteiger partial charge in [0.05, 0.1) is 0 Å². The van der Waals surface area contributed by atoms with Crippen molar-refractivity contribution in [3.05, 3.63) is 16.4 Å². The number of nitrogen functional groups attached to an aromatic ring is 1. The number of H-pyrrole nitrogens is 1. The second-order valence-corrected chi connectivity index (χ2v) is 3.23. The van der Waals surface area contributed by atoms with Crippen LogP contribution in [0, 0.1) is 0 Å². The average Bonchev–Trinajstić information content (AvgIpc) is 2.18. The van der Waals surface area contributed by atoms with Crippen LogP contribution < -0.4 is 21.5 Å². The first-order valence-corrected chi connectivity index (χ1v) is 4.58. The molecule has 1 aromatic heterocycles. The molecule has 0 amide bonds. The molecule has 1 saturated heterocycles. The monoisotopic (exact) mass is 231 g/mol. The van der Waals surface area contributed by atoms with E-state index in [4.69, 9.17) is 5.73 Å². The number of halogens is 1. The Morgan fingerprint density at radius 3 is 2.67 bits per heavy atom. The van der Waals surface area contributed by atoms with E-state index in [9.17, 15) is 4.79 Å². The van der Waals surface area contributed by atoms with Gasteiger partial charge in [-0.05, 0) is 0 Å². The summed E-state index contributed by atoms with van der Waals surface area (Å²) < 4.78 is 0. The summed E-state index contributed by atoms with van der Waals surface area (Å²) >= 11 is 0. The molecule has 0 bridgehead atoms. The highest BCUT2D eigenvalue weighted by atomic mass is 35.5. The zero-order valence-electron chi connectivity index (χ0n) is 8.19. The lowest BCUT2D eigenvalue weighted by molar-refractivity contribution is 0.584. The minimum atomic E-state index is -0.203. The average molecular weight is 232 g/mol.